The van der Waals surface area contributed by atoms with Crippen LogP contribution in [0.1, 0.15) is 15.9 Å². The van der Waals surface area contributed by atoms with Crippen molar-refractivity contribution in [2.75, 3.05) is 13.7 Å². The van der Waals surface area contributed by atoms with Crippen LogP contribution in [0, 0.1) is 22.5 Å². The first kappa shape index (κ1) is 19.9. The number of non-ortho nitro benzene ring substituents is 1. The topological polar surface area (TPSA) is 103 Å². The lowest BCUT2D eigenvalue weighted by Crippen LogP contribution is -2.17. The fraction of sp³-hybridized carbons (Fsp3) is 0.111. The number of benzene rings is 2. The number of nitrogens with zero attached hydrogens (tertiary/aromatic N) is 2. The number of hydrogen-bond donors (Lipinski definition) is 1. The first-order valence-electron chi connectivity index (χ1n) is 7.48. The lowest BCUT2D eigenvalue weighted by atomic mass is 10.2. The zero-order valence-electron chi connectivity index (χ0n) is 14.1. The molecule has 27 heavy (non-hydrogen) atoms. The van der Waals surface area contributed by atoms with Crippen molar-refractivity contribution in [3.8, 4) is 23.8 Å². The number of halogens is 1. The molecule has 0 fully saturated rings. The lowest BCUT2D eigenvalue weighted by Gasteiger charge is -2.11. The second kappa shape index (κ2) is 9.35. The second-order valence-electron chi connectivity index (χ2n) is 5.03. The number of terminal acetylenes is 1. The van der Waals surface area contributed by atoms with Crippen LogP contribution < -0.4 is 14.9 Å². The van der Waals surface area contributed by atoms with Crippen LogP contribution >= 0.6 is 15.9 Å². The minimum absolute atomic E-state index is 0.0850. The van der Waals surface area contributed by atoms with E-state index in [4.69, 9.17) is 15.9 Å². The van der Waals surface area contributed by atoms with Crippen LogP contribution in [0.2, 0.25) is 0 Å². The number of nitro groups is 1. The van der Waals surface area contributed by atoms with Gasteiger partial charge in [-0.05, 0) is 39.7 Å². The summed E-state index contributed by atoms with van der Waals surface area (Å²) >= 11 is 3.36. The van der Waals surface area contributed by atoms with Crippen molar-refractivity contribution in [1.82, 2.24) is 5.43 Å². The average molecular weight is 432 g/mol. The summed E-state index contributed by atoms with van der Waals surface area (Å²) in [5, 5.41) is 14.6. The molecule has 0 aliphatic rings. The lowest BCUT2D eigenvalue weighted by molar-refractivity contribution is -0.384. The van der Waals surface area contributed by atoms with Gasteiger partial charge in [0.2, 0.25) is 0 Å². The summed E-state index contributed by atoms with van der Waals surface area (Å²) in [5.41, 5.74) is 2.88. The summed E-state index contributed by atoms with van der Waals surface area (Å²) in [5.74, 6) is 2.68. The second-order valence-corrected chi connectivity index (χ2v) is 5.89. The smallest absolute Gasteiger partial charge is 0.271 e. The Morgan fingerprint density at radius 2 is 2.22 bits per heavy atom. The molecule has 0 saturated heterocycles. The minimum Gasteiger partial charge on any atom is -0.493 e. The highest BCUT2D eigenvalue weighted by Gasteiger charge is 2.12. The third kappa shape index (κ3) is 5.29. The molecule has 0 aromatic heterocycles. The quantitative estimate of drug-likeness (QED) is 0.314. The highest BCUT2D eigenvalue weighted by atomic mass is 79.9. The number of ether oxygens (including phenoxy) is 2. The van der Waals surface area contributed by atoms with E-state index in [2.05, 4.69) is 32.4 Å². The standard InChI is InChI=1S/C18H14BrN3O5/c1-3-7-27-17-15(19)8-12(9-16(17)26-2)11-20-21-18(23)13-5-4-6-14(10-13)22(24)25/h1,4-6,8-11H,7H2,2H3,(H,21,23)/b20-11+. The van der Waals surface area contributed by atoms with Gasteiger partial charge < -0.3 is 9.47 Å². The number of methoxy groups -OCH3 is 1. The molecular weight excluding hydrogens is 418 g/mol. The number of amides is 1. The maximum absolute atomic E-state index is 12.1. The Hall–Kier alpha value is -3.38. The van der Waals surface area contributed by atoms with Gasteiger partial charge in [0.25, 0.3) is 11.6 Å². The van der Waals surface area contributed by atoms with Gasteiger partial charge in [-0.15, -0.1) is 6.42 Å². The molecule has 0 spiro atoms. The molecule has 1 N–H and O–H groups in total. The van der Waals surface area contributed by atoms with Crippen LogP contribution in [0.15, 0.2) is 46.0 Å². The predicted molar refractivity (Wildman–Crippen MR) is 103 cm³/mol. The van der Waals surface area contributed by atoms with E-state index >= 15 is 0 Å². The molecule has 0 bridgehead atoms. The van der Waals surface area contributed by atoms with Crippen LogP contribution in [0.5, 0.6) is 11.5 Å². The maximum Gasteiger partial charge on any atom is 0.271 e. The molecule has 2 aromatic rings. The Balaban J connectivity index is 2.13. The maximum atomic E-state index is 12.1. The van der Waals surface area contributed by atoms with Gasteiger partial charge >= 0.3 is 0 Å². The van der Waals surface area contributed by atoms with Crippen LogP contribution in [-0.2, 0) is 0 Å². The number of carbonyl (C=O) groups is 1. The van der Waals surface area contributed by atoms with E-state index in [-0.39, 0.29) is 17.9 Å². The van der Waals surface area contributed by atoms with Crippen molar-refractivity contribution in [3.63, 3.8) is 0 Å². The number of nitrogens with one attached hydrogen (secondary N) is 1. The third-order valence-electron chi connectivity index (χ3n) is 3.25. The summed E-state index contributed by atoms with van der Waals surface area (Å²) in [4.78, 5) is 22.2. The molecule has 8 nitrogen and oxygen atoms in total. The number of hydrogen-bond acceptors (Lipinski definition) is 6. The average Bonchev–Trinajstić information content (AvgIpc) is 2.66. The van der Waals surface area contributed by atoms with Crippen LogP contribution in [-0.4, -0.2) is 30.8 Å². The van der Waals surface area contributed by atoms with Gasteiger partial charge in [-0.2, -0.15) is 5.10 Å². The van der Waals surface area contributed by atoms with E-state index in [1.165, 1.54) is 37.6 Å². The van der Waals surface area contributed by atoms with Crippen LogP contribution in [0.25, 0.3) is 0 Å². The van der Waals surface area contributed by atoms with Gasteiger partial charge in [0.05, 0.1) is 22.7 Å². The molecule has 0 aliphatic heterocycles. The van der Waals surface area contributed by atoms with E-state index in [0.717, 1.165) is 0 Å². The first-order valence-corrected chi connectivity index (χ1v) is 8.27. The number of carbonyl (C=O) groups excluding carboxylic acids is 1. The van der Waals surface area contributed by atoms with Crippen molar-refractivity contribution >= 4 is 33.7 Å². The summed E-state index contributed by atoms with van der Waals surface area (Å²) in [6.45, 7) is 0.0850. The van der Waals surface area contributed by atoms with Crippen molar-refractivity contribution in [2.24, 2.45) is 5.10 Å². The van der Waals surface area contributed by atoms with Crippen LogP contribution in [0.3, 0.4) is 0 Å². The Bertz CT molecular complexity index is 937. The van der Waals surface area contributed by atoms with Crippen molar-refractivity contribution in [3.05, 3.63) is 62.1 Å². The van der Waals surface area contributed by atoms with E-state index < -0.39 is 10.8 Å². The number of hydrazone groups is 1. The van der Waals surface area contributed by atoms with E-state index in [1.54, 1.807) is 12.1 Å². The molecule has 138 valence electrons. The highest BCUT2D eigenvalue weighted by molar-refractivity contribution is 9.10. The zero-order chi connectivity index (χ0) is 19.8. The molecule has 0 radical (unpaired) electrons. The number of rotatable bonds is 7. The molecule has 2 rings (SSSR count). The Morgan fingerprint density at radius 1 is 1.44 bits per heavy atom. The number of nitro benzene ring substituents is 1. The Morgan fingerprint density at radius 3 is 2.89 bits per heavy atom. The van der Waals surface area contributed by atoms with Gasteiger partial charge in [-0.3, -0.25) is 14.9 Å². The normalized spacial score (nSPS) is 10.3. The van der Waals surface area contributed by atoms with Crippen LogP contribution in [0.4, 0.5) is 5.69 Å². The van der Waals surface area contributed by atoms with E-state index in [1.807, 2.05) is 0 Å². The predicted octanol–water partition coefficient (Wildman–Crippen LogP) is 3.14. The molecule has 0 saturated carbocycles. The van der Waals surface area contributed by atoms with Gasteiger partial charge in [0, 0.05) is 17.7 Å². The molecule has 9 heteroatoms. The van der Waals surface area contributed by atoms with Gasteiger partial charge in [0.15, 0.2) is 11.5 Å². The molecule has 0 heterocycles. The molecule has 2 aromatic carbocycles. The van der Waals surface area contributed by atoms with Crippen molar-refractivity contribution in [1.29, 1.82) is 0 Å². The molecule has 0 aliphatic carbocycles. The minimum atomic E-state index is -0.576. The molecule has 0 unspecified atom stereocenters. The van der Waals surface area contributed by atoms with Gasteiger partial charge in [0.1, 0.15) is 6.61 Å². The highest BCUT2D eigenvalue weighted by Crippen LogP contribution is 2.36. The summed E-state index contributed by atoms with van der Waals surface area (Å²) < 4.78 is 11.3. The van der Waals surface area contributed by atoms with Gasteiger partial charge in [-0.25, -0.2) is 5.43 Å². The molecular formula is C18H14BrN3O5. The van der Waals surface area contributed by atoms with Gasteiger partial charge in [-0.1, -0.05) is 12.0 Å². The molecule has 1 amide bonds. The first-order chi connectivity index (χ1) is 13.0. The SMILES string of the molecule is C#CCOc1c(Br)cc(/C=N/NC(=O)c2cccc([N+](=O)[O-])c2)cc1OC. The fourth-order valence-electron chi connectivity index (χ4n) is 2.06. The van der Waals surface area contributed by atoms with Crippen molar-refractivity contribution < 1.29 is 19.2 Å². The monoisotopic (exact) mass is 431 g/mol. The largest absolute Gasteiger partial charge is 0.493 e. The van der Waals surface area contributed by atoms with E-state index in [9.17, 15) is 14.9 Å². The fourth-order valence-corrected chi connectivity index (χ4v) is 2.63. The summed E-state index contributed by atoms with van der Waals surface area (Å²) in [6.07, 6.45) is 6.58. The summed E-state index contributed by atoms with van der Waals surface area (Å²) in [7, 11) is 1.48. The third-order valence-corrected chi connectivity index (χ3v) is 3.84. The Labute approximate surface area is 163 Å². The van der Waals surface area contributed by atoms with E-state index in [0.29, 0.717) is 21.5 Å². The Kier molecular flexibility index (Phi) is 6.91. The van der Waals surface area contributed by atoms with Crippen molar-refractivity contribution in [2.45, 2.75) is 0 Å². The molecule has 0 atom stereocenters. The summed E-state index contributed by atoms with van der Waals surface area (Å²) in [6, 6.07) is 8.70. The zero-order valence-corrected chi connectivity index (χ0v) is 15.7.